The van der Waals surface area contributed by atoms with E-state index in [1.807, 2.05) is 50.2 Å². The van der Waals surface area contributed by atoms with Crippen molar-refractivity contribution in [1.82, 2.24) is 9.97 Å². The molecule has 0 aliphatic carbocycles. The second-order valence-electron chi connectivity index (χ2n) is 7.70. The highest BCUT2D eigenvalue weighted by molar-refractivity contribution is 8.00. The van der Waals surface area contributed by atoms with Crippen molar-refractivity contribution in [2.75, 3.05) is 5.32 Å². The molecule has 1 N–H and O–H groups in total. The Labute approximate surface area is 181 Å². The summed E-state index contributed by atoms with van der Waals surface area (Å²) in [7, 11) is 0. The fraction of sp³-hybridized carbons (Fsp3) is 0.333. The molecule has 0 fully saturated rings. The van der Waals surface area contributed by atoms with Gasteiger partial charge in [0.25, 0.3) is 0 Å². The zero-order chi connectivity index (χ0) is 21.7. The number of nitrogens with zero attached hydrogens (tertiary/aromatic N) is 3. The first-order valence-electron chi connectivity index (χ1n) is 10.1. The number of nitriles is 1. The second-order valence-corrected chi connectivity index (χ2v) is 8.89. The van der Waals surface area contributed by atoms with Crippen molar-refractivity contribution < 1.29 is 4.79 Å². The summed E-state index contributed by atoms with van der Waals surface area (Å²) in [6.45, 7) is 8.15. The van der Waals surface area contributed by atoms with Gasteiger partial charge in [0.1, 0.15) is 11.1 Å². The van der Waals surface area contributed by atoms with Crippen LogP contribution in [0.1, 0.15) is 44.1 Å². The molecule has 0 spiro atoms. The van der Waals surface area contributed by atoms with Gasteiger partial charge < -0.3 is 5.32 Å². The van der Waals surface area contributed by atoms with Crippen LogP contribution >= 0.6 is 11.8 Å². The van der Waals surface area contributed by atoms with Gasteiger partial charge in [-0.1, -0.05) is 50.7 Å². The van der Waals surface area contributed by atoms with Gasteiger partial charge >= 0.3 is 0 Å². The Hall–Kier alpha value is -2.91. The van der Waals surface area contributed by atoms with Crippen LogP contribution in [0, 0.1) is 24.2 Å². The van der Waals surface area contributed by atoms with Crippen molar-refractivity contribution in [3.8, 4) is 6.07 Å². The van der Waals surface area contributed by atoms with Gasteiger partial charge in [-0.15, -0.1) is 0 Å². The molecule has 0 aliphatic heterocycles. The van der Waals surface area contributed by atoms with Gasteiger partial charge in [-0.05, 0) is 49.9 Å². The molecule has 2 heterocycles. The SMILES string of the molecule is CCC(Sc1nc(CC(C)C)ccc1C#N)C(=O)Nc1cc(C)nc2ccccc12. The number of fused-ring (bicyclic) bond motifs is 1. The Morgan fingerprint density at radius 1 is 1.20 bits per heavy atom. The first-order valence-corrected chi connectivity index (χ1v) is 11.0. The van der Waals surface area contributed by atoms with E-state index < -0.39 is 0 Å². The number of thioether (sulfide) groups is 1. The number of benzene rings is 1. The number of para-hydroxylation sites is 1. The van der Waals surface area contributed by atoms with Crippen LogP contribution in [0.25, 0.3) is 10.9 Å². The van der Waals surface area contributed by atoms with Crippen molar-refractivity contribution in [2.45, 2.75) is 50.8 Å². The molecule has 3 rings (SSSR count). The molecule has 30 heavy (non-hydrogen) atoms. The number of hydrogen-bond acceptors (Lipinski definition) is 5. The van der Waals surface area contributed by atoms with E-state index in [9.17, 15) is 10.1 Å². The van der Waals surface area contributed by atoms with Crippen LogP contribution in [0.15, 0.2) is 47.5 Å². The van der Waals surface area contributed by atoms with Crippen LogP contribution in [-0.4, -0.2) is 21.1 Å². The van der Waals surface area contributed by atoms with Crippen LogP contribution in [0.2, 0.25) is 0 Å². The standard InChI is InChI=1S/C24H26N4OS/c1-5-22(30-24-17(14-25)10-11-18(27-24)12-15(2)3)23(29)28-21-13-16(4)26-20-9-7-6-8-19(20)21/h6-11,13,15,22H,5,12H2,1-4H3,(H,26,28,29). The molecule has 0 saturated carbocycles. The third-order valence-electron chi connectivity index (χ3n) is 4.68. The Morgan fingerprint density at radius 2 is 1.97 bits per heavy atom. The molecule has 5 nitrogen and oxygen atoms in total. The summed E-state index contributed by atoms with van der Waals surface area (Å²) in [5.41, 5.74) is 3.90. The highest BCUT2D eigenvalue weighted by Crippen LogP contribution is 2.30. The summed E-state index contributed by atoms with van der Waals surface area (Å²) < 4.78 is 0. The highest BCUT2D eigenvalue weighted by Gasteiger charge is 2.22. The molecule has 154 valence electrons. The maximum Gasteiger partial charge on any atom is 0.237 e. The number of aromatic nitrogens is 2. The van der Waals surface area contributed by atoms with Gasteiger partial charge in [0.15, 0.2) is 0 Å². The highest BCUT2D eigenvalue weighted by atomic mass is 32.2. The van der Waals surface area contributed by atoms with Gasteiger partial charge in [-0.25, -0.2) is 4.98 Å². The minimum Gasteiger partial charge on any atom is -0.324 e. The number of rotatable bonds is 7. The number of amides is 1. The van der Waals surface area contributed by atoms with E-state index in [-0.39, 0.29) is 11.2 Å². The van der Waals surface area contributed by atoms with Gasteiger partial charge in [0.05, 0.1) is 22.0 Å². The lowest BCUT2D eigenvalue weighted by Gasteiger charge is -2.17. The first-order chi connectivity index (χ1) is 14.4. The van der Waals surface area contributed by atoms with Crippen molar-refractivity contribution in [3.63, 3.8) is 0 Å². The lowest BCUT2D eigenvalue weighted by atomic mass is 10.1. The average Bonchev–Trinajstić information content (AvgIpc) is 2.71. The molecule has 0 aliphatic rings. The normalized spacial score (nSPS) is 12.0. The second kappa shape index (κ2) is 9.73. The van der Waals surface area contributed by atoms with Gasteiger partial charge in [0.2, 0.25) is 5.91 Å². The molecule has 0 bridgehead atoms. The fourth-order valence-electron chi connectivity index (χ4n) is 3.27. The molecule has 0 radical (unpaired) electrons. The van der Waals surface area contributed by atoms with E-state index in [1.165, 1.54) is 11.8 Å². The number of carbonyl (C=O) groups is 1. The zero-order valence-electron chi connectivity index (χ0n) is 17.8. The number of carbonyl (C=O) groups excluding carboxylic acids is 1. The maximum atomic E-state index is 13.1. The monoisotopic (exact) mass is 418 g/mol. The van der Waals surface area contributed by atoms with Crippen molar-refractivity contribution in [2.24, 2.45) is 5.92 Å². The third kappa shape index (κ3) is 5.17. The lowest BCUT2D eigenvalue weighted by Crippen LogP contribution is -2.25. The molecule has 0 saturated heterocycles. The molecule has 1 unspecified atom stereocenters. The molecular weight excluding hydrogens is 392 g/mol. The van der Waals surface area contributed by atoms with E-state index in [0.717, 1.165) is 34.4 Å². The van der Waals surface area contributed by atoms with E-state index in [0.29, 0.717) is 22.9 Å². The fourth-order valence-corrected chi connectivity index (χ4v) is 4.28. The van der Waals surface area contributed by atoms with E-state index >= 15 is 0 Å². The Kier molecular flexibility index (Phi) is 7.07. The molecule has 1 aromatic carbocycles. The minimum absolute atomic E-state index is 0.0989. The first kappa shape index (κ1) is 21.8. The van der Waals surface area contributed by atoms with Gasteiger partial charge in [0, 0.05) is 16.8 Å². The number of aryl methyl sites for hydroxylation is 1. The van der Waals surface area contributed by atoms with Crippen LogP contribution < -0.4 is 5.32 Å². The van der Waals surface area contributed by atoms with Crippen molar-refractivity contribution in [3.05, 3.63) is 59.4 Å². The maximum absolute atomic E-state index is 13.1. The van der Waals surface area contributed by atoms with E-state index in [4.69, 9.17) is 0 Å². The molecule has 3 aromatic rings. The smallest absolute Gasteiger partial charge is 0.237 e. The lowest BCUT2D eigenvalue weighted by molar-refractivity contribution is -0.115. The predicted molar refractivity (Wildman–Crippen MR) is 123 cm³/mol. The summed E-state index contributed by atoms with van der Waals surface area (Å²) in [4.78, 5) is 22.3. The number of pyridine rings is 2. The summed E-state index contributed by atoms with van der Waals surface area (Å²) in [5, 5.41) is 13.7. The predicted octanol–water partition coefficient (Wildman–Crippen LogP) is 5.52. The third-order valence-corrected chi connectivity index (χ3v) is 6.04. The summed E-state index contributed by atoms with van der Waals surface area (Å²) in [5.74, 6) is 0.370. The molecular formula is C24H26N4OS. The van der Waals surface area contributed by atoms with Crippen LogP contribution in [0.4, 0.5) is 5.69 Å². The van der Waals surface area contributed by atoms with Crippen LogP contribution in [0.3, 0.4) is 0 Å². The number of nitrogens with one attached hydrogen (secondary N) is 1. The summed E-state index contributed by atoms with van der Waals surface area (Å²) >= 11 is 1.36. The number of anilines is 1. The molecule has 2 aromatic heterocycles. The van der Waals surface area contributed by atoms with Crippen molar-refractivity contribution in [1.29, 1.82) is 5.26 Å². The summed E-state index contributed by atoms with van der Waals surface area (Å²) in [6.07, 6.45) is 1.46. The minimum atomic E-state index is -0.355. The topological polar surface area (TPSA) is 78.7 Å². The summed E-state index contributed by atoms with van der Waals surface area (Å²) in [6, 6.07) is 15.6. The van der Waals surface area contributed by atoms with Crippen molar-refractivity contribution >= 4 is 34.3 Å². The molecule has 1 atom stereocenters. The van der Waals surface area contributed by atoms with Crippen LogP contribution in [-0.2, 0) is 11.2 Å². The molecule has 1 amide bonds. The van der Waals surface area contributed by atoms with Crippen LogP contribution in [0.5, 0.6) is 0 Å². The largest absolute Gasteiger partial charge is 0.324 e. The Balaban J connectivity index is 1.85. The zero-order valence-corrected chi connectivity index (χ0v) is 18.6. The van der Waals surface area contributed by atoms with E-state index in [2.05, 4.69) is 35.2 Å². The quantitative estimate of drug-likeness (QED) is 0.511. The number of hydrogen-bond donors (Lipinski definition) is 1. The van der Waals surface area contributed by atoms with Gasteiger partial charge in [-0.3, -0.25) is 9.78 Å². The van der Waals surface area contributed by atoms with Gasteiger partial charge in [-0.2, -0.15) is 5.26 Å². The van der Waals surface area contributed by atoms with E-state index in [1.54, 1.807) is 6.07 Å². The molecule has 6 heteroatoms. The Morgan fingerprint density at radius 3 is 2.67 bits per heavy atom. The average molecular weight is 419 g/mol. The Bertz CT molecular complexity index is 1100.